The molecule has 43 heteroatoms. The van der Waals surface area contributed by atoms with Crippen molar-refractivity contribution in [1.29, 1.82) is 0 Å². The Morgan fingerprint density at radius 2 is 0.513 bits per heavy atom. The number of anilines is 10. The summed E-state index contributed by atoms with van der Waals surface area (Å²) in [6.45, 7) is 23.7. The third-order valence-corrected chi connectivity index (χ3v) is 25.7. The molecule has 5 fully saturated rings. The van der Waals surface area contributed by atoms with E-state index in [-0.39, 0.29) is 76.4 Å². The number of nitrogens with zero attached hydrogens (tertiary/aromatic N) is 25. The zero-order valence-electron chi connectivity index (χ0n) is 82.3. The molecule has 150 heavy (non-hydrogen) atoms. The molecule has 0 spiro atoms. The minimum absolute atomic E-state index is 0.0542. The van der Waals surface area contributed by atoms with Gasteiger partial charge in [0.05, 0.1) is 38.3 Å². The topological polar surface area (TPSA) is 281 Å². The highest BCUT2D eigenvalue weighted by molar-refractivity contribution is 6.30. The smallest absolute Gasteiger partial charge is 0.406 e. The molecule has 0 radical (unpaired) electrons. The quantitative estimate of drug-likeness (QED) is 0.0604. The standard InChI is InChI=1S/C24H28FN5O.C21H19F4N5O2.C21H19F4N5O.C21H22FN5O.C20H19ClFN5O/c1-24(2,3)19-6-4-18(5-7-19)16-30-17-26-22(27-23(30)31)29-14-12-28(13-15-29)21-10-8-20(25)9-11-21;22-16-3-5-17(6-4-16)28-9-11-29(12-10-28)19-26-14-30(20(31)27-19)13-15-1-7-18(8-2-15)32-21(23,24)25;22-17-4-6-18(7-5-17)28-8-10-29(11-9-28)19-26-14-30(20(31)27-19)13-15-2-1-3-16(12-15)21(23,24)25;1-16-3-2-4-17(13-16)14-27-15-23-20(24-21(27)28)26-11-9-25(10-12-26)19-7-5-18(22)6-8-19;21-16-3-1-2-15(12-16)13-27-14-23-19(24-20(27)28)26-10-8-25(9-11-26)18-6-4-17(22)5-7-18/h4-11,17H,12-16H2,1-3H3;1-8,14H,9-13H2;1-7,12,14H,8-11,13H2;2-8,13,15H,9-12,14H2,1H3;1-7,12,14H,8-11,13H2. The maximum absolute atomic E-state index is 13.1. The largest absolute Gasteiger partial charge is 0.573 e. The molecule has 10 aromatic carbocycles. The normalized spacial score (nSPS) is 14.5. The van der Waals surface area contributed by atoms with Gasteiger partial charge in [0.1, 0.15) is 66.5 Å². The van der Waals surface area contributed by atoms with Crippen molar-refractivity contribution < 1.29 is 53.0 Å². The van der Waals surface area contributed by atoms with E-state index in [1.807, 2.05) is 67.8 Å². The Bertz CT molecular complexity index is 7180. The summed E-state index contributed by atoms with van der Waals surface area (Å²) < 4.78 is 152. The van der Waals surface area contributed by atoms with Crippen LogP contribution in [0.2, 0.25) is 5.02 Å². The molecule has 10 heterocycles. The molecule has 5 saturated heterocycles. The second-order valence-electron chi connectivity index (χ2n) is 37.0. The highest BCUT2D eigenvalue weighted by Gasteiger charge is 2.34. The molecule has 0 atom stereocenters. The molecule has 5 aromatic heterocycles. The summed E-state index contributed by atoms with van der Waals surface area (Å²) in [5, 5.41) is 0.627. The predicted octanol–water partition coefficient (Wildman–Crippen LogP) is 14.9. The maximum atomic E-state index is 13.1. The van der Waals surface area contributed by atoms with Crippen LogP contribution in [0, 0.1) is 36.0 Å². The van der Waals surface area contributed by atoms with Gasteiger partial charge in [-0.3, -0.25) is 22.8 Å². The van der Waals surface area contributed by atoms with E-state index in [0.717, 1.165) is 102 Å². The van der Waals surface area contributed by atoms with Gasteiger partial charge in [0.2, 0.25) is 29.7 Å². The fraction of sp³-hybridized carbons (Fsp3) is 0.299. The molecule has 20 rings (SSSR count). The number of rotatable bonds is 21. The SMILES string of the molecule is CC(C)(C)c1ccc(Cn2cnc(N3CCN(c4ccc(F)cc4)CC3)nc2=O)cc1.Cc1cccc(Cn2cnc(N3CCN(c4ccc(F)cc4)CC3)nc2=O)c1.O=c1nc(N2CCN(c3ccc(F)cc3)CC2)ncn1Cc1ccc(OC(F)(F)F)cc1.O=c1nc(N2CCN(c3ccc(F)cc3)CC2)ncn1Cc1cccc(C(F)(F)F)c1.O=c1nc(N2CCN(c3ccc(F)cc3)CC2)ncn1Cc1cccc(Cl)c1. The Balaban J connectivity index is 0.000000134. The van der Waals surface area contributed by atoms with Crippen molar-refractivity contribution >= 4 is 69.8 Å². The van der Waals surface area contributed by atoms with Crippen molar-refractivity contribution in [2.75, 3.05) is 180 Å². The summed E-state index contributed by atoms with van der Waals surface area (Å²) in [5.41, 5.74) is 8.47. The van der Waals surface area contributed by atoms with Crippen LogP contribution in [0.4, 0.5) is 106 Å². The van der Waals surface area contributed by atoms with Gasteiger partial charge in [-0.1, -0.05) is 123 Å². The molecule has 0 unspecified atom stereocenters. The Kier molecular flexibility index (Phi) is 34.4. The van der Waals surface area contributed by atoms with E-state index in [9.17, 15) is 72.3 Å². The van der Waals surface area contributed by atoms with Crippen molar-refractivity contribution in [3.05, 3.63) is 405 Å². The van der Waals surface area contributed by atoms with Gasteiger partial charge in [-0.25, -0.2) is 70.8 Å². The number of ether oxygens (including phenoxy) is 1. The number of aryl methyl sites for hydroxylation is 1. The second kappa shape index (κ2) is 48.5. The first-order chi connectivity index (χ1) is 72.0. The van der Waals surface area contributed by atoms with Crippen molar-refractivity contribution in [2.24, 2.45) is 0 Å². The third kappa shape index (κ3) is 29.5. The molecule has 0 amide bonds. The summed E-state index contributed by atoms with van der Waals surface area (Å²) in [6, 6.07) is 65.8. The maximum Gasteiger partial charge on any atom is 0.573 e. The summed E-state index contributed by atoms with van der Waals surface area (Å²) >= 11 is 5.99. The van der Waals surface area contributed by atoms with Gasteiger partial charge in [-0.05, 0) is 203 Å². The second-order valence-corrected chi connectivity index (χ2v) is 37.5. The average Bonchev–Trinajstić information content (AvgIpc) is 0.826. The summed E-state index contributed by atoms with van der Waals surface area (Å²) in [7, 11) is 0. The van der Waals surface area contributed by atoms with Gasteiger partial charge in [-0.2, -0.15) is 38.1 Å². The Morgan fingerprint density at radius 1 is 0.273 bits per heavy atom. The van der Waals surface area contributed by atoms with Crippen LogP contribution in [0.5, 0.6) is 5.75 Å². The van der Waals surface area contributed by atoms with E-state index in [1.54, 1.807) is 79.4 Å². The van der Waals surface area contributed by atoms with E-state index >= 15 is 0 Å². The van der Waals surface area contributed by atoms with Crippen LogP contribution in [-0.4, -0.2) is 210 Å². The first-order valence-electron chi connectivity index (χ1n) is 48.4. The summed E-state index contributed by atoms with van der Waals surface area (Å²) in [4.78, 5) is 125. The predicted molar refractivity (Wildman–Crippen MR) is 553 cm³/mol. The van der Waals surface area contributed by atoms with E-state index in [0.29, 0.717) is 151 Å². The molecule has 5 aliphatic heterocycles. The van der Waals surface area contributed by atoms with E-state index in [1.165, 1.54) is 144 Å². The van der Waals surface area contributed by atoms with Crippen molar-refractivity contribution in [3.63, 3.8) is 0 Å². The van der Waals surface area contributed by atoms with Crippen molar-refractivity contribution in [2.45, 2.75) is 78.4 Å². The van der Waals surface area contributed by atoms with Crippen molar-refractivity contribution in [3.8, 4) is 5.75 Å². The molecule has 780 valence electrons. The van der Waals surface area contributed by atoms with E-state index < -0.39 is 29.5 Å². The van der Waals surface area contributed by atoms with Crippen LogP contribution < -0.4 is 82.2 Å². The van der Waals surface area contributed by atoms with E-state index in [2.05, 4.69) is 130 Å². The number of piperazine rings is 5. The van der Waals surface area contributed by atoms with Crippen LogP contribution in [0.15, 0.2) is 298 Å². The van der Waals surface area contributed by atoms with Gasteiger partial charge < -0.3 is 53.7 Å². The Hall–Kier alpha value is -16.4. The zero-order valence-corrected chi connectivity index (χ0v) is 83.1. The highest BCUT2D eigenvalue weighted by atomic mass is 35.5. The highest BCUT2D eigenvalue weighted by Crippen LogP contribution is 2.32. The number of aromatic nitrogens is 15. The lowest BCUT2D eigenvalue weighted by Crippen LogP contribution is -2.47. The van der Waals surface area contributed by atoms with Crippen LogP contribution >= 0.6 is 11.6 Å². The summed E-state index contributed by atoms with van der Waals surface area (Å²) in [6.07, 6.45) is -1.86. The van der Waals surface area contributed by atoms with Gasteiger partial charge in [0, 0.05) is 164 Å². The molecule has 5 aliphatic rings. The number of hydrogen-bond acceptors (Lipinski definition) is 26. The molecule has 0 saturated carbocycles. The first-order valence-corrected chi connectivity index (χ1v) is 48.8. The minimum atomic E-state index is -4.76. The molecular formula is C107H107ClF11N25O6. The minimum Gasteiger partial charge on any atom is -0.406 e. The van der Waals surface area contributed by atoms with Gasteiger partial charge in [0.25, 0.3) is 0 Å². The zero-order chi connectivity index (χ0) is 106. The Labute approximate surface area is 860 Å². The summed E-state index contributed by atoms with van der Waals surface area (Å²) in [5.74, 6) is 0.340. The third-order valence-electron chi connectivity index (χ3n) is 25.5. The fourth-order valence-corrected chi connectivity index (χ4v) is 17.5. The van der Waals surface area contributed by atoms with Crippen LogP contribution in [0.1, 0.15) is 65.3 Å². The molecule has 0 N–H and O–H groups in total. The monoisotopic (exact) mass is 2080 g/mol. The first kappa shape index (κ1) is 106. The average molecular weight is 2080 g/mol. The molecule has 0 bridgehead atoms. The van der Waals surface area contributed by atoms with Crippen LogP contribution in [-0.2, 0) is 44.3 Å². The number of benzene rings is 10. The van der Waals surface area contributed by atoms with Crippen molar-refractivity contribution in [1.82, 2.24) is 72.7 Å². The lowest BCUT2D eigenvalue weighted by molar-refractivity contribution is -0.274. The van der Waals surface area contributed by atoms with Gasteiger partial charge >= 0.3 is 41.0 Å². The molecule has 15 aromatic rings. The molecule has 31 nitrogen and oxygen atoms in total. The lowest BCUT2D eigenvalue weighted by Gasteiger charge is -2.36. The molecular weight excluding hydrogens is 1980 g/mol. The van der Waals surface area contributed by atoms with E-state index in [4.69, 9.17) is 11.6 Å². The number of alkyl halides is 6. The van der Waals surface area contributed by atoms with Gasteiger partial charge in [-0.15, -0.1) is 13.2 Å². The molecule has 0 aliphatic carbocycles. The van der Waals surface area contributed by atoms with Crippen LogP contribution in [0.3, 0.4) is 0 Å². The number of halogens is 12. The van der Waals surface area contributed by atoms with Gasteiger partial charge in [0.15, 0.2) is 0 Å². The number of hydrogen-bond donors (Lipinski definition) is 0. The van der Waals surface area contributed by atoms with Crippen LogP contribution in [0.25, 0.3) is 0 Å². The lowest BCUT2D eigenvalue weighted by atomic mass is 9.87. The Morgan fingerprint density at radius 3 is 0.760 bits per heavy atom. The fourth-order valence-electron chi connectivity index (χ4n) is 17.3.